The third kappa shape index (κ3) is 1.74. The first-order chi connectivity index (χ1) is 7.99. The van der Waals surface area contributed by atoms with Gasteiger partial charge in [0.15, 0.2) is 0 Å². The molecule has 4 aliphatic rings. The minimum Gasteiger partial charge on any atom is -0.443 e. The van der Waals surface area contributed by atoms with Gasteiger partial charge in [-0.3, -0.25) is 0 Å². The summed E-state index contributed by atoms with van der Waals surface area (Å²) in [5.74, 6) is 3.91. The molecule has 2 atom stereocenters. The Labute approximate surface area is 103 Å². The van der Waals surface area contributed by atoms with E-state index in [1.807, 2.05) is 0 Å². The average molecular weight is 237 g/mol. The second-order valence-corrected chi connectivity index (χ2v) is 6.90. The van der Waals surface area contributed by atoms with Crippen LogP contribution in [0.5, 0.6) is 0 Å². The Bertz CT molecular complexity index is 323. The summed E-state index contributed by atoms with van der Waals surface area (Å²) < 4.78 is 5.52. The molecule has 17 heavy (non-hydrogen) atoms. The summed E-state index contributed by atoms with van der Waals surface area (Å²) in [5, 5.41) is 0. The Morgan fingerprint density at radius 1 is 1.24 bits per heavy atom. The molecular weight excluding hydrogens is 214 g/mol. The van der Waals surface area contributed by atoms with Gasteiger partial charge in [-0.15, -0.1) is 0 Å². The number of carbonyl (C=O) groups is 1. The number of nitrogens with two attached hydrogens (primary N) is 1. The molecule has 4 aliphatic carbocycles. The highest BCUT2D eigenvalue weighted by molar-refractivity contribution is 5.65. The Hall–Kier alpha value is -0.730. The first-order valence-corrected chi connectivity index (χ1v) is 6.97. The monoisotopic (exact) mass is 237 g/mol. The van der Waals surface area contributed by atoms with E-state index in [1.165, 1.54) is 12.8 Å². The van der Waals surface area contributed by atoms with Gasteiger partial charge in [-0.2, -0.15) is 0 Å². The van der Waals surface area contributed by atoms with Crippen LogP contribution in [0.25, 0.3) is 0 Å². The van der Waals surface area contributed by atoms with E-state index in [-0.39, 0.29) is 5.60 Å². The van der Waals surface area contributed by atoms with E-state index in [9.17, 15) is 4.79 Å². The van der Waals surface area contributed by atoms with Crippen LogP contribution in [0.3, 0.4) is 0 Å². The van der Waals surface area contributed by atoms with Crippen LogP contribution in [0.15, 0.2) is 0 Å². The van der Waals surface area contributed by atoms with Crippen molar-refractivity contribution in [2.45, 2.75) is 51.6 Å². The number of ether oxygens (including phenoxy) is 1. The molecular formula is C14H23NO2. The minimum atomic E-state index is -0.576. The van der Waals surface area contributed by atoms with Gasteiger partial charge in [0, 0.05) is 0 Å². The molecule has 0 saturated heterocycles. The molecule has 3 heteroatoms. The van der Waals surface area contributed by atoms with E-state index in [0.717, 1.165) is 48.9 Å². The van der Waals surface area contributed by atoms with Crippen LogP contribution in [0.4, 0.5) is 4.79 Å². The fourth-order valence-electron chi connectivity index (χ4n) is 5.42. The maximum absolute atomic E-state index is 11.1. The maximum Gasteiger partial charge on any atom is 0.405 e. The third-order valence-electron chi connectivity index (χ3n) is 5.38. The summed E-state index contributed by atoms with van der Waals surface area (Å²) in [6, 6.07) is 0. The normalized spacial score (nSPS) is 47.5. The molecule has 4 bridgehead atoms. The van der Waals surface area contributed by atoms with Gasteiger partial charge < -0.3 is 10.5 Å². The van der Waals surface area contributed by atoms with Crippen molar-refractivity contribution in [1.82, 2.24) is 0 Å². The molecule has 0 aliphatic heterocycles. The first-order valence-electron chi connectivity index (χ1n) is 6.97. The predicted octanol–water partition coefficient (Wildman–Crippen LogP) is 2.93. The average Bonchev–Trinajstić information content (AvgIpc) is 2.11. The summed E-state index contributed by atoms with van der Waals surface area (Å²) in [6.07, 6.45) is 5.31. The van der Waals surface area contributed by atoms with Crippen molar-refractivity contribution < 1.29 is 9.53 Å². The van der Waals surface area contributed by atoms with Crippen molar-refractivity contribution in [3.63, 3.8) is 0 Å². The minimum absolute atomic E-state index is 0.187. The lowest BCUT2D eigenvalue weighted by Crippen LogP contribution is -2.57. The quantitative estimate of drug-likeness (QED) is 0.802. The van der Waals surface area contributed by atoms with Gasteiger partial charge >= 0.3 is 6.09 Å². The second kappa shape index (κ2) is 3.63. The van der Waals surface area contributed by atoms with E-state index in [4.69, 9.17) is 10.5 Å². The highest BCUT2D eigenvalue weighted by atomic mass is 16.6. The summed E-state index contributed by atoms with van der Waals surface area (Å²) in [4.78, 5) is 11.1. The standard InChI is InChI=1S/C14H23NO2/c1-8(2)12-10-3-9-4-11(12)7-14(5-9,6-10)17-13(15)16/h8-12H,3-7H2,1-2H3,(H2,15,16). The maximum atomic E-state index is 11.1. The Balaban J connectivity index is 1.84. The lowest BCUT2D eigenvalue weighted by atomic mass is 9.48. The van der Waals surface area contributed by atoms with Crippen LogP contribution in [-0.2, 0) is 4.74 Å². The van der Waals surface area contributed by atoms with Gasteiger partial charge in [0.25, 0.3) is 0 Å². The molecule has 4 fully saturated rings. The van der Waals surface area contributed by atoms with Gasteiger partial charge in [0.1, 0.15) is 5.60 Å². The van der Waals surface area contributed by atoms with Gasteiger partial charge in [-0.25, -0.2) is 4.79 Å². The molecule has 0 aromatic heterocycles. The fourth-order valence-corrected chi connectivity index (χ4v) is 5.42. The Morgan fingerprint density at radius 2 is 1.82 bits per heavy atom. The lowest BCUT2D eigenvalue weighted by molar-refractivity contribution is -0.159. The van der Waals surface area contributed by atoms with E-state index >= 15 is 0 Å². The summed E-state index contributed by atoms with van der Waals surface area (Å²) in [5.41, 5.74) is 5.06. The predicted molar refractivity (Wildman–Crippen MR) is 65.3 cm³/mol. The molecule has 0 radical (unpaired) electrons. The zero-order valence-electron chi connectivity index (χ0n) is 10.8. The Kier molecular flexibility index (Phi) is 2.43. The topological polar surface area (TPSA) is 52.3 Å². The van der Waals surface area contributed by atoms with Crippen molar-refractivity contribution >= 4 is 6.09 Å². The van der Waals surface area contributed by atoms with E-state index in [1.54, 1.807) is 0 Å². The number of amides is 1. The molecule has 2 unspecified atom stereocenters. The van der Waals surface area contributed by atoms with Gasteiger partial charge in [0.2, 0.25) is 0 Å². The molecule has 0 aromatic carbocycles. The molecule has 4 saturated carbocycles. The number of carbonyl (C=O) groups excluding carboxylic acids is 1. The highest BCUT2D eigenvalue weighted by Crippen LogP contribution is 2.61. The van der Waals surface area contributed by atoms with E-state index in [0.29, 0.717) is 0 Å². The van der Waals surface area contributed by atoms with Crippen LogP contribution in [-0.4, -0.2) is 11.7 Å². The number of primary amides is 1. The molecule has 0 spiro atoms. The molecule has 0 heterocycles. The number of hydrogen-bond donors (Lipinski definition) is 1. The lowest BCUT2D eigenvalue weighted by Gasteiger charge is -2.60. The fraction of sp³-hybridized carbons (Fsp3) is 0.929. The summed E-state index contributed by atoms with van der Waals surface area (Å²) in [7, 11) is 0. The number of rotatable bonds is 2. The van der Waals surface area contributed by atoms with Crippen LogP contribution >= 0.6 is 0 Å². The van der Waals surface area contributed by atoms with E-state index < -0.39 is 6.09 Å². The largest absolute Gasteiger partial charge is 0.443 e. The van der Waals surface area contributed by atoms with Crippen LogP contribution in [0, 0.1) is 29.6 Å². The third-order valence-corrected chi connectivity index (χ3v) is 5.38. The highest BCUT2D eigenvalue weighted by Gasteiger charge is 2.57. The zero-order valence-corrected chi connectivity index (χ0v) is 10.8. The Morgan fingerprint density at radius 3 is 2.29 bits per heavy atom. The zero-order chi connectivity index (χ0) is 12.2. The van der Waals surface area contributed by atoms with Crippen LogP contribution < -0.4 is 5.73 Å². The number of hydrogen-bond acceptors (Lipinski definition) is 2. The van der Waals surface area contributed by atoms with Crippen molar-refractivity contribution in [2.75, 3.05) is 0 Å². The second-order valence-electron chi connectivity index (χ2n) is 6.90. The van der Waals surface area contributed by atoms with Gasteiger partial charge in [-0.1, -0.05) is 13.8 Å². The molecule has 0 aromatic rings. The SMILES string of the molecule is CC(C)C1C2CC3CC1CC(OC(N)=O)(C3)C2. The molecule has 3 nitrogen and oxygen atoms in total. The smallest absolute Gasteiger partial charge is 0.405 e. The van der Waals surface area contributed by atoms with Crippen molar-refractivity contribution in [2.24, 2.45) is 35.3 Å². The molecule has 2 N–H and O–H groups in total. The van der Waals surface area contributed by atoms with Crippen molar-refractivity contribution in [3.05, 3.63) is 0 Å². The van der Waals surface area contributed by atoms with Crippen LogP contribution in [0.1, 0.15) is 46.0 Å². The van der Waals surface area contributed by atoms with Crippen LogP contribution in [0.2, 0.25) is 0 Å². The van der Waals surface area contributed by atoms with E-state index in [2.05, 4.69) is 13.8 Å². The molecule has 4 rings (SSSR count). The summed E-state index contributed by atoms with van der Waals surface area (Å²) in [6.45, 7) is 4.68. The molecule has 96 valence electrons. The first kappa shape index (κ1) is 11.4. The molecule has 1 amide bonds. The van der Waals surface area contributed by atoms with Crippen molar-refractivity contribution in [1.29, 1.82) is 0 Å². The summed E-state index contributed by atoms with van der Waals surface area (Å²) >= 11 is 0. The van der Waals surface area contributed by atoms with Gasteiger partial charge in [-0.05, 0) is 61.7 Å². The van der Waals surface area contributed by atoms with Gasteiger partial charge in [0.05, 0.1) is 0 Å². The van der Waals surface area contributed by atoms with Crippen molar-refractivity contribution in [3.8, 4) is 0 Å².